The van der Waals surface area contributed by atoms with E-state index >= 15 is 0 Å². The van der Waals surface area contributed by atoms with Crippen LogP contribution in [-0.4, -0.2) is 18.5 Å². The van der Waals surface area contributed by atoms with E-state index < -0.39 is 5.97 Å². The molecule has 1 aromatic heterocycles. The van der Waals surface area contributed by atoms with Crippen molar-refractivity contribution in [2.45, 2.75) is 13.5 Å². The number of halogens is 2. The maximum atomic E-state index is 13.9. The van der Waals surface area contributed by atoms with E-state index in [9.17, 15) is 9.18 Å². The summed E-state index contributed by atoms with van der Waals surface area (Å²) in [6.07, 6.45) is 1.62. The van der Waals surface area contributed by atoms with Gasteiger partial charge in [-0.05, 0) is 64.1 Å². The van der Waals surface area contributed by atoms with Crippen molar-refractivity contribution in [1.29, 1.82) is 0 Å². The summed E-state index contributed by atoms with van der Waals surface area (Å²) in [4.78, 5) is 17.3. The van der Waals surface area contributed by atoms with Crippen LogP contribution in [0.3, 0.4) is 0 Å². The molecule has 158 valence electrons. The molecule has 4 rings (SSSR count). The molecule has 2 heterocycles. The number of nitrogens with zero attached hydrogens (tertiary/aromatic N) is 1. The highest BCUT2D eigenvalue weighted by Gasteiger charge is 2.25. The lowest BCUT2D eigenvalue weighted by Crippen LogP contribution is -2.04. The molecule has 31 heavy (non-hydrogen) atoms. The Kier molecular flexibility index (Phi) is 6.48. The lowest BCUT2D eigenvalue weighted by atomic mass is 10.1. The molecule has 0 unspecified atom stereocenters. The number of ether oxygens (including phenoxy) is 3. The Hall–Kier alpha value is -2.97. The molecule has 0 N–H and O–H groups in total. The molecule has 2 aromatic carbocycles. The van der Waals surface area contributed by atoms with E-state index in [4.69, 9.17) is 14.2 Å². The molecule has 0 saturated carbocycles. The Morgan fingerprint density at radius 1 is 1.19 bits per heavy atom. The van der Waals surface area contributed by atoms with E-state index in [-0.39, 0.29) is 18.1 Å². The zero-order valence-electron chi connectivity index (χ0n) is 16.4. The van der Waals surface area contributed by atoms with Gasteiger partial charge in [0.15, 0.2) is 17.2 Å². The van der Waals surface area contributed by atoms with Gasteiger partial charge in [-0.15, -0.1) is 11.3 Å². The molecule has 8 heteroatoms. The van der Waals surface area contributed by atoms with Crippen LogP contribution in [0.5, 0.6) is 11.5 Å². The molecular formula is C23H17BrFNO4S. The van der Waals surface area contributed by atoms with Crippen molar-refractivity contribution in [3.63, 3.8) is 0 Å². The molecule has 5 nitrogen and oxygen atoms in total. The topological polar surface area (TPSA) is 57.1 Å². The summed E-state index contributed by atoms with van der Waals surface area (Å²) in [5, 5.41) is 1.89. The quantitative estimate of drug-likeness (QED) is 0.295. The maximum Gasteiger partial charge on any atom is 0.363 e. The van der Waals surface area contributed by atoms with E-state index in [1.165, 1.54) is 17.4 Å². The Balaban J connectivity index is 1.62. The molecule has 0 saturated heterocycles. The molecule has 0 bridgehead atoms. The lowest BCUT2D eigenvalue weighted by Gasteiger charge is -2.15. The molecule has 0 atom stereocenters. The first kappa shape index (κ1) is 21.3. The van der Waals surface area contributed by atoms with Gasteiger partial charge in [-0.25, -0.2) is 14.2 Å². The first-order chi connectivity index (χ1) is 15.0. The van der Waals surface area contributed by atoms with Gasteiger partial charge in [-0.2, -0.15) is 0 Å². The van der Waals surface area contributed by atoms with Gasteiger partial charge in [0.25, 0.3) is 0 Å². The summed E-state index contributed by atoms with van der Waals surface area (Å²) in [7, 11) is 0. The number of hydrogen-bond donors (Lipinski definition) is 0. The van der Waals surface area contributed by atoms with E-state index in [1.54, 1.807) is 36.4 Å². The summed E-state index contributed by atoms with van der Waals surface area (Å²) in [6, 6.07) is 13.6. The van der Waals surface area contributed by atoms with Crippen molar-refractivity contribution < 1.29 is 23.4 Å². The lowest BCUT2D eigenvalue weighted by molar-refractivity contribution is -0.129. The Morgan fingerprint density at radius 3 is 2.77 bits per heavy atom. The van der Waals surface area contributed by atoms with E-state index in [0.717, 1.165) is 4.88 Å². The monoisotopic (exact) mass is 501 g/mol. The predicted molar refractivity (Wildman–Crippen MR) is 121 cm³/mol. The van der Waals surface area contributed by atoms with Crippen LogP contribution < -0.4 is 9.47 Å². The van der Waals surface area contributed by atoms with E-state index in [0.29, 0.717) is 39.6 Å². The summed E-state index contributed by atoms with van der Waals surface area (Å²) >= 11 is 4.93. The van der Waals surface area contributed by atoms with Gasteiger partial charge in [0.1, 0.15) is 12.4 Å². The van der Waals surface area contributed by atoms with Crippen molar-refractivity contribution in [3.8, 4) is 11.5 Å². The van der Waals surface area contributed by atoms with Crippen molar-refractivity contribution in [3.05, 3.63) is 85.9 Å². The van der Waals surface area contributed by atoms with E-state index in [2.05, 4.69) is 20.9 Å². The molecule has 0 aliphatic carbocycles. The molecule has 1 aliphatic heterocycles. The van der Waals surface area contributed by atoms with Crippen LogP contribution in [-0.2, 0) is 16.1 Å². The van der Waals surface area contributed by atoms with Gasteiger partial charge in [-0.3, -0.25) is 0 Å². The highest BCUT2D eigenvalue weighted by atomic mass is 79.9. The third-order valence-electron chi connectivity index (χ3n) is 4.32. The zero-order valence-corrected chi connectivity index (χ0v) is 18.8. The molecular weight excluding hydrogens is 485 g/mol. The minimum absolute atomic E-state index is 0.0482. The van der Waals surface area contributed by atoms with Gasteiger partial charge < -0.3 is 14.2 Å². The number of aliphatic imine (C=N–C) groups is 1. The number of carbonyl (C=O) groups is 1. The van der Waals surface area contributed by atoms with Crippen molar-refractivity contribution >= 4 is 45.2 Å². The van der Waals surface area contributed by atoms with Gasteiger partial charge in [-0.1, -0.05) is 24.3 Å². The average molecular weight is 502 g/mol. The first-order valence-electron chi connectivity index (χ1n) is 9.44. The Labute approximate surface area is 190 Å². The SMILES string of the molecule is CCOc1cc(/C=C2\N=C(c3cccs3)OC2=O)cc(Br)c1OCc1ccccc1F. The number of thiophene rings is 1. The van der Waals surface area contributed by atoms with Gasteiger partial charge in [0, 0.05) is 5.56 Å². The number of benzene rings is 2. The van der Waals surface area contributed by atoms with Gasteiger partial charge in [0.2, 0.25) is 5.90 Å². The molecule has 0 spiro atoms. The second-order valence-corrected chi connectivity index (χ2v) is 8.26. The maximum absolute atomic E-state index is 13.9. The summed E-state index contributed by atoms with van der Waals surface area (Å²) in [6.45, 7) is 2.31. The van der Waals surface area contributed by atoms with Crippen molar-refractivity contribution in [1.82, 2.24) is 0 Å². The normalized spacial score (nSPS) is 14.5. The van der Waals surface area contributed by atoms with Gasteiger partial charge >= 0.3 is 5.97 Å². The fraction of sp³-hybridized carbons (Fsp3) is 0.130. The minimum Gasteiger partial charge on any atom is -0.490 e. The van der Waals surface area contributed by atoms with Crippen molar-refractivity contribution in [2.24, 2.45) is 4.99 Å². The molecule has 1 aliphatic rings. The second-order valence-electron chi connectivity index (χ2n) is 6.46. The molecule has 0 radical (unpaired) electrons. The Bertz CT molecular complexity index is 1170. The molecule has 0 amide bonds. The third-order valence-corrected chi connectivity index (χ3v) is 5.76. The zero-order chi connectivity index (χ0) is 21.8. The third kappa shape index (κ3) is 4.86. The fourth-order valence-corrected chi connectivity index (χ4v) is 4.14. The number of esters is 1. The van der Waals surface area contributed by atoms with Gasteiger partial charge in [0.05, 0.1) is 16.0 Å². The van der Waals surface area contributed by atoms with E-state index in [1.807, 2.05) is 24.4 Å². The second kappa shape index (κ2) is 9.45. The number of carbonyl (C=O) groups excluding carboxylic acids is 1. The average Bonchev–Trinajstić information content (AvgIpc) is 3.39. The standard InChI is InChI=1S/C23H17BrFNO4S/c1-2-28-19-12-14(11-18-23(27)30-22(26-18)20-8-5-9-31-20)10-16(24)21(19)29-13-15-6-3-4-7-17(15)25/h3-12H,2,13H2,1H3/b18-11-. The van der Waals surface area contributed by atoms with Crippen LogP contribution in [0.25, 0.3) is 6.08 Å². The summed E-state index contributed by atoms with van der Waals surface area (Å²) in [5.41, 5.74) is 1.31. The highest BCUT2D eigenvalue weighted by molar-refractivity contribution is 9.10. The Morgan fingerprint density at radius 2 is 2.03 bits per heavy atom. The number of rotatable bonds is 7. The van der Waals surface area contributed by atoms with Crippen LogP contribution >= 0.6 is 27.3 Å². The summed E-state index contributed by atoms with van der Waals surface area (Å²) < 4.78 is 31.4. The number of cyclic esters (lactones) is 1. The molecule has 3 aromatic rings. The van der Waals surface area contributed by atoms with Crippen molar-refractivity contribution in [2.75, 3.05) is 6.61 Å². The first-order valence-corrected chi connectivity index (χ1v) is 11.1. The smallest absolute Gasteiger partial charge is 0.363 e. The van der Waals surface area contributed by atoms with Crippen LogP contribution in [0.15, 0.2) is 69.1 Å². The fourth-order valence-electron chi connectivity index (χ4n) is 2.91. The predicted octanol–water partition coefficient (Wildman–Crippen LogP) is 5.97. The summed E-state index contributed by atoms with van der Waals surface area (Å²) in [5.74, 6) is 0.354. The largest absolute Gasteiger partial charge is 0.490 e. The number of hydrogen-bond acceptors (Lipinski definition) is 6. The minimum atomic E-state index is -0.516. The molecule has 0 fully saturated rings. The van der Waals surface area contributed by atoms with Crippen LogP contribution in [0.2, 0.25) is 0 Å². The van der Waals surface area contributed by atoms with Crippen LogP contribution in [0.1, 0.15) is 22.9 Å². The highest BCUT2D eigenvalue weighted by Crippen LogP contribution is 2.38. The van der Waals surface area contributed by atoms with Crippen LogP contribution in [0, 0.1) is 5.82 Å². The van der Waals surface area contributed by atoms with Crippen LogP contribution in [0.4, 0.5) is 4.39 Å².